The van der Waals surface area contributed by atoms with Crippen LogP contribution < -0.4 is 0 Å². The van der Waals surface area contributed by atoms with Gasteiger partial charge in [0.1, 0.15) is 0 Å². The lowest BCUT2D eigenvalue weighted by Gasteiger charge is -2.46. The van der Waals surface area contributed by atoms with Crippen LogP contribution in [0.5, 0.6) is 0 Å². The summed E-state index contributed by atoms with van der Waals surface area (Å²) in [6.07, 6.45) is 41.8. The second-order valence-electron chi connectivity index (χ2n) is 12.0. The lowest BCUT2D eigenvalue weighted by Crippen LogP contribution is -2.37. The first kappa shape index (κ1) is 29.6. The zero-order valence-corrected chi connectivity index (χ0v) is 24.0. The van der Waals surface area contributed by atoms with Gasteiger partial charge in [-0.15, -0.1) is 11.8 Å². The van der Waals surface area contributed by atoms with E-state index in [0.29, 0.717) is 9.49 Å². The summed E-state index contributed by atoms with van der Waals surface area (Å²) in [4.78, 5) is 0. The summed E-state index contributed by atoms with van der Waals surface area (Å²) in [7, 11) is 0. The Hall–Kier alpha value is 0.350. The van der Waals surface area contributed by atoms with Crippen LogP contribution in [0.1, 0.15) is 194 Å². The first-order valence-corrected chi connectivity index (χ1v) is 16.8. The van der Waals surface area contributed by atoms with Crippen molar-refractivity contribution < 1.29 is 0 Å². The molecule has 0 radical (unpaired) electrons. The summed E-state index contributed by atoms with van der Waals surface area (Å²) >= 11 is 2.62. The minimum atomic E-state index is 0.618. The van der Waals surface area contributed by atoms with Gasteiger partial charge in [0.15, 0.2) is 0 Å². The van der Waals surface area contributed by atoms with E-state index in [9.17, 15) is 0 Å². The van der Waals surface area contributed by atoms with Gasteiger partial charge in [0, 0.05) is 9.49 Å². The van der Waals surface area contributed by atoms with Gasteiger partial charge in [0.2, 0.25) is 0 Å². The first-order valence-electron chi connectivity index (χ1n) is 15.9. The maximum absolute atomic E-state index is 2.62. The highest BCUT2D eigenvalue weighted by Gasteiger charge is 2.40. The zero-order chi connectivity index (χ0) is 23.5. The predicted molar refractivity (Wildman–Crippen MR) is 154 cm³/mol. The van der Waals surface area contributed by atoms with Crippen LogP contribution in [0.3, 0.4) is 0 Å². The molecule has 0 saturated heterocycles. The van der Waals surface area contributed by atoms with E-state index in [4.69, 9.17) is 0 Å². The fourth-order valence-electron chi connectivity index (χ4n) is 6.82. The van der Waals surface area contributed by atoms with E-state index in [0.717, 1.165) is 0 Å². The van der Waals surface area contributed by atoms with Crippen LogP contribution in [0, 0.1) is 0 Å². The molecule has 0 bridgehead atoms. The molecule has 0 unspecified atom stereocenters. The predicted octanol–water partition coefficient (Wildman–Crippen LogP) is 12.2. The molecule has 0 aromatic carbocycles. The molecule has 1 heteroatoms. The normalized spacial score (nSPS) is 21.6. The second kappa shape index (κ2) is 18.6. The van der Waals surface area contributed by atoms with Crippen LogP contribution in [0.2, 0.25) is 0 Å². The van der Waals surface area contributed by atoms with Crippen LogP contribution in [0.4, 0.5) is 0 Å². The highest BCUT2D eigenvalue weighted by molar-refractivity contribution is 8.02. The number of unbranched alkanes of at least 4 members (excludes halogenated alkanes) is 10. The van der Waals surface area contributed by atoms with Gasteiger partial charge in [-0.3, -0.25) is 0 Å². The van der Waals surface area contributed by atoms with E-state index < -0.39 is 0 Å². The lowest BCUT2D eigenvalue weighted by molar-refractivity contribution is 0.352. The summed E-state index contributed by atoms with van der Waals surface area (Å²) < 4.78 is 1.24. The van der Waals surface area contributed by atoms with Crippen molar-refractivity contribution >= 4 is 11.8 Å². The van der Waals surface area contributed by atoms with Gasteiger partial charge in [-0.05, 0) is 38.5 Å². The second-order valence-corrected chi connectivity index (χ2v) is 14.0. The molecule has 0 amide bonds. The lowest BCUT2D eigenvalue weighted by atomic mass is 9.85. The van der Waals surface area contributed by atoms with Gasteiger partial charge < -0.3 is 0 Å². The monoisotopic (exact) mass is 478 g/mol. The summed E-state index contributed by atoms with van der Waals surface area (Å²) in [5.41, 5.74) is 0. The molecule has 2 aliphatic carbocycles. The third-order valence-electron chi connectivity index (χ3n) is 8.93. The largest absolute Gasteiger partial charge is 0.148 e. The van der Waals surface area contributed by atoms with E-state index in [-0.39, 0.29) is 0 Å². The van der Waals surface area contributed by atoms with E-state index in [1.54, 1.807) is 0 Å². The molecular weight excluding hydrogens is 416 g/mol. The van der Waals surface area contributed by atoms with Crippen molar-refractivity contribution in [3.8, 4) is 0 Å². The van der Waals surface area contributed by atoms with Crippen molar-refractivity contribution in [2.24, 2.45) is 0 Å². The van der Waals surface area contributed by atoms with E-state index >= 15 is 0 Å². The zero-order valence-electron chi connectivity index (χ0n) is 23.2. The van der Waals surface area contributed by atoms with Gasteiger partial charge in [0.25, 0.3) is 0 Å². The van der Waals surface area contributed by atoms with Crippen LogP contribution in [0.25, 0.3) is 0 Å². The van der Waals surface area contributed by atoms with Crippen LogP contribution in [-0.4, -0.2) is 9.49 Å². The maximum Gasteiger partial charge on any atom is 0.0165 e. The van der Waals surface area contributed by atoms with Crippen molar-refractivity contribution in [1.29, 1.82) is 0 Å². The molecule has 0 nitrogen and oxygen atoms in total. The molecule has 2 fully saturated rings. The Bertz CT molecular complexity index is 386. The third-order valence-corrected chi connectivity index (χ3v) is 11.0. The number of thioether (sulfide) groups is 1. The van der Waals surface area contributed by atoms with E-state index in [1.807, 2.05) is 0 Å². The third kappa shape index (κ3) is 12.7. The maximum atomic E-state index is 2.62. The Morgan fingerprint density at radius 1 is 0.394 bits per heavy atom. The van der Waals surface area contributed by atoms with Gasteiger partial charge >= 0.3 is 0 Å². The van der Waals surface area contributed by atoms with Gasteiger partial charge in [-0.25, -0.2) is 0 Å². The molecule has 0 spiro atoms. The van der Waals surface area contributed by atoms with Gasteiger partial charge in [-0.1, -0.05) is 155 Å². The summed E-state index contributed by atoms with van der Waals surface area (Å²) in [5.74, 6) is 0. The fraction of sp³-hybridized carbons (Fsp3) is 1.00. The first-order chi connectivity index (χ1) is 16.2. The standard InChI is InChI=1S/C32H62S/c1-3-5-7-9-13-19-25-31(27-21-15-11-16-22-28-31)33-32(26-20-14-10-8-6-4-2)29-23-17-12-18-24-30-32/h3-30H2,1-2H3. The Morgan fingerprint density at radius 2 is 0.697 bits per heavy atom. The van der Waals surface area contributed by atoms with Crippen molar-refractivity contribution in [2.75, 3.05) is 0 Å². The summed E-state index contributed by atoms with van der Waals surface area (Å²) in [5, 5.41) is 0. The average Bonchev–Trinajstić information content (AvgIpc) is 2.78. The molecule has 0 aliphatic heterocycles. The van der Waals surface area contributed by atoms with Crippen molar-refractivity contribution in [1.82, 2.24) is 0 Å². The number of hydrogen-bond acceptors (Lipinski definition) is 1. The minimum Gasteiger partial charge on any atom is -0.148 e. The molecule has 0 heterocycles. The van der Waals surface area contributed by atoms with Crippen molar-refractivity contribution in [3.63, 3.8) is 0 Å². The number of hydrogen-bond donors (Lipinski definition) is 0. The molecule has 33 heavy (non-hydrogen) atoms. The smallest absolute Gasteiger partial charge is 0.0165 e. The average molecular weight is 479 g/mol. The Balaban J connectivity index is 2.03. The van der Waals surface area contributed by atoms with E-state index in [1.165, 1.54) is 180 Å². The molecule has 0 aromatic rings. The van der Waals surface area contributed by atoms with Crippen LogP contribution in [-0.2, 0) is 0 Å². The van der Waals surface area contributed by atoms with Crippen molar-refractivity contribution in [2.45, 2.75) is 203 Å². The SMILES string of the molecule is CCCCCCCCC1(SC2(CCCCCCCC)CCCCCCC2)CCCCCCC1. The summed E-state index contributed by atoms with van der Waals surface area (Å²) in [6, 6.07) is 0. The van der Waals surface area contributed by atoms with Crippen LogP contribution in [0.15, 0.2) is 0 Å². The van der Waals surface area contributed by atoms with Gasteiger partial charge in [-0.2, -0.15) is 0 Å². The molecule has 0 atom stereocenters. The Kier molecular flexibility index (Phi) is 16.7. The topological polar surface area (TPSA) is 0 Å². The van der Waals surface area contributed by atoms with E-state index in [2.05, 4.69) is 25.6 Å². The summed E-state index contributed by atoms with van der Waals surface area (Å²) in [6.45, 7) is 4.69. The molecule has 196 valence electrons. The number of rotatable bonds is 16. The Morgan fingerprint density at radius 3 is 1.06 bits per heavy atom. The highest BCUT2D eigenvalue weighted by Crippen LogP contribution is 2.54. The Labute approximate surface area is 214 Å². The molecule has 2 saturated carbocycles. The molecular formula is C32H62S. The molecule has 2 aliphatic rings. The quantitative estimate of drug-likeness (QED) is 0.199. The molecule has 2 rings (SSSR count). The van der Waals surface area contributed by atoms with Crippen LogP contribution >= 0.6 is 11.8 Å². The highest BCUT2D eigenvalue weighted by atomic mass is 32.2. The fourth-order valence-corrected chi connectivity index (χ4v) is 9.22. The minimum absolute atomic E-state index is 0.618. The van der Waals surface area contributed by atoms with Crippen molar-refractivity contribution in [3.05, 3.63) is 0 Å². The molecule has 0 aromatic heterocycles. The molecule has 0 N–H and O–H groups in total. The van der Waals surface area contributed by atoms with Gasteiger partial charge in [0.05, 0.1) is 0 Å².